The van der Waals surface area contributed by atoms with Crippen LogP contribution in [-0.4, -0.2) is 12.0 Å². The van der Waals surface area contributed by atoms with E-state index in [0.29, 0.717) is 0 Å². The van der Waals surface area contributed by atoms with Gasteiger partial charge in [-0.1, -0.05) is 19.1 Å². The van der Waals surface area contributed by atoms with Crippen molar-refractivity contribution in [3.05, 3.63) is 29.8 Å². The topological polar surface area (TPSA) is 64.3 Å². The standard InChI is InChI=1S/C11H16N2O2.ClH/c1-3-9-4-6-10(7-5-9)13-11(14)8(2)15-12;/h4-8H,3,12H2,1-2H3,(H,13,14);1H. The fourth-order valence-electron chi connectivity index (χ4n) is 1.13. The smallest absolute Gasteiger partial charge is 0.255 e. The van der Waals surface area contributed by atoms with E-state index in [2.05, 4.69) is 17.1 Å². The zero-order valence-electron chi connectivity index (χ0n) is 9.40. The highest BCUT2D eigenvalue weighted by Crippen LogP contribution is 2.10. The Bertz CT molecular complexity index is 327. The Morgan fingerprint density at radius 2 is 2.00 bits per heavy atom. The number of rotatable bonds is 4. The molecule has 1 aromatic rings. The third-order valence-corrected chi connectivity index (χ3v) is 2.20. The van der Waals surface area contributed by atoms with Gasteiger partial charge in [-0.25, -0.2) is 5.90 Å². The number of nitrogens with one attached hydrogen (secondary N) is 1. The van der Waals surface area contributed by atoms with Crippen LogP contribution in [0.1, 0.15) is 19.4 Å². The number of nitrogens with two attached hydrogens (primary N) is 1. The van der Waals surface area contributed by atoms with E-state index in [1.807, 2.05) is 24.3 Å². The molecule has 0 fully saturated rings. The number of hydrogen-bond donors (Lipinski definition) is 2. The second kappa shape index (κ2) is 7.22. The molecule has 4 nitrogen and oxygen atoms in total. The number of halogens is 1. The van der Waals surface area contributed by atoms with Crippen molar-refractivity contribution in [2.75, 3.05) is 5.32 Å². The minimum absolute atomic E-state index is 0. The first-order valence-corrected chi connectivity index (χ1v) is 4.92. The molecule has 5 heteroatoms. The molecule has 1 amide bonds. The average Bonchev–Trinajstić information content (AvgIpc) is 2.29. The van der Waals surface area contributed by atoms with Gasteiger partial charge in [0.25, 0.3) is 5.91 Å². The summed E-state index contributed by atoms with van der Waals surface area (Å²) in [6.45, 7) is 3.67. The lowest BCUT2D eigenvalue weighted by Crippen LogP contribution is -2.29. The molecule has 0 aromatic heterocycles. The maximum atomic E-state index is 11.4. The van der Waals surface area contributed by atoms with Gasteiger partial charge in [-0.15, -0.1) is 12.4 Å². The molecule has 0 radical (unpaired) electrons. The van der Waals surface area contributed by atoms with Gasteiger partial charge in [0.05, 0.1) is 0 Å². The lowest BCUT2D eigenvalue weighted by molar-refractivity contribution is -0.126. The third-order valence-electron chi connectivity index (χ3n) is 2.20. The largest absolute Gasteiger partial charge is 0.324 e. The summed E-state index contributed by atoms with van der Waals surface area (Å²) < 4.78 is 0. The zero-order chi connectivity index (χ0) is 11.3. The lowest BCUT2D eigenvalue weighted by atomic mass is 10.1. The van der Waals surface area contributed by atoms with Gasteiger partial charge in [0, 0.05) is 5.69 Å². The van der Waals surface area contributed by atoms with Crippen LogP contribution in [0.25, 0.3) is 0 Å². The van der Waals surface area contributed by atoms with Crippen LogP contribution >= 0.6 is 12.4 Å². The molecule has 0 aliphatic rings. The Morgan fingerprint density at radius 3 is 2.44 bits per heavy atom. The van der Waals surface area contributed by atoms with Crippen molar-refractivity contribution in [2.45, 2.75) is 26.4 Å². The summed E-state index contributed by atoms with van der Waals surface area (Å²) >= 11 is 0. The predicted molar refractivity (Wildman–Crippen MR) is 66.4 cm³/mol. The number of carbonyl (C=O) groups excluding carboxylic acids is 1. The summed E-state index contributed by atoms with van der Waals surface area (Å²) in [7, 11) is 0. The van der Waals surface area contributed by atoms with E-state index in [4.69, 9.17) is 5.90 Å². The van der Waals surface area contributed by atoms with Crippen molar-refractivity contribution >= 4 is 24.0 Å². The fraction of sp³-hybridized carbons (Fsp3) is 0.364. The summed E-state index contributed by atoms with van der Waals surface area (Å²) in [5.74, 6) is 4.66. The molecule has 1 atom stereocenters. The van der Waals surface area contributed by atoms with Gasteiger partial charge in [-0.05, 0) is 31.0 Å². The Balaban J connectivity index is 0.00000225. The van der Waals surface area contributed by atoms with E-state index in [1.165, 1.54) is 5.56 Å². The van der Waals surface area contributed by atoms with Crippen LogP contribution in [0.5, 0.6) is 0 Å². The van der Waals surface area contributed by atoms with Gasteiger partial charge >= 0.3 is 0 Å². The minimum Gasteiger partial charge on any atom is -0.324 e. The summed E-state index contributed by atoms with van der Waals surface area (Å²) in [5.41, 5.74) is 1.98. The molecule has 0 bridgehead atoms. The molecule has 0 aliphatic carbocycles. The van der Waals surface area contributed by atoms with E-state index in [9.17, 15) is 4.79 Å². The van der Waals surface area contributed by atoms with Crippen molar-refractivity contribution in [1.82, 2.24) is 0 Å². The number of hydrogen-bond acceptors (Lipinski definition) is 3. The molecular formula is C11H17ClN2O2. The summed E-state index contributed by atoms with van der Waals surface area (Å²) in [5, 5.41) is 2.70. The van der Waals surface area contributed by atoms with Gasteiger partial charge in [-0.2, -0.15) is 0 Å². The summed E-state index contributed by atoms with van der Waals surface area (Å²) in [6.07, 6.45) is 0.340. The molecule has 0 spiro atoms. The molecule has 0 aliphatic heterocycles. The van der Waals surface area contributed by atoms with Crippen LogP contribution in [-0.2, 0) is 16.1 Å². The van der Waals surface area contributed by atoms with Crippen LogP contribution < -0.4 is 11.2 Å². The van der Waals surface area contributed by atoms with Crippen molar-refractivity contribution in [1.29, 1.82) is 0 Å². The van der Waals surface area contributed by atoms with Crippen molar-refractivity contribution in [3.63, 3.8) is 0 Å². The molecule has 0 saturated carbocycles. The molecule has 1 aromatic carbocycles. The van der Waals surface area contributed by atoms with Gasteiger partial charge in [0.1, 0.15) is 0 Å². The zero-order valence-corrected chi connectivity index (χ0v) is 10.2. The highest BCUT2D eigenvalue weighted by atomic mass is 35.5. The quantitative estimate of drug-likeness (QED) is 0.795. The normalized spacial score (nSPS) is 11.4. The van der Waals surface area contributed by atoms with E-state index >= 15 is 0 Å². The lowest BCUT2D eigenvalue weighted by Gasteiger charge is -2.09. The van der Waals surface area contributed by atoms with Crippen molar-refractivity contribution in [2.24, 2.45) is 5.90 Å². The molecule has 3 N–H and O–H groups in total. The van der Waals surface area contributed by atoms with Gasteiger partial charge in [0.2, 0.25) is 0 Å². The van der Waals surface area contributed by atoms with Crippen molar-refractivity contribution < 1.29 is 9.63 Å². The molecule has 16 heavy (non-hydrogen) atoms. The second-order valence-electron chi connectivity index (χ2n) is 3.32. The number of carbonyl (C=O) groups is 1. The van der Waals surface area contributed by atoms with E-state index in [-0.39, 0.29) is 18.3 Å². The van der Waals surface area contributed by atoms with E-state index < -0.39 is 6.10 Å². The van der Waals surface area contributed by atoms with Gasteiger partial charge in [0.15, 0.2) is 6.10 Å². The van der Waals surface area contributed by atoms with Crippen LogP contribution in [0.2, 0.25) is 0 Å². The summed E-state index contributed by atoms with van der Waals surface area (Å²) in [6, 6.07) is 7.67. The maximum Gasteiger partial charge on any atom is 0.255 e. The van der Waals surface area contributed by atoms with Crippen LogP contribution in [0.15, 0.2) is 24.3 Å². The molecular weight excluding hydrogens is 228 g/mol. The number of amides is 1. The Kier molecular flexibility index (Phi) is 6.72. The number of aryl methyl sites for hydroxylation is 1. The molecule has 1 unspecified atom stereocenters. The first-order chi connectivity index (χ1) is 7.17. The fourth-order valence-corrected chi connectivity index (χ4v) is 1.13. The highest BCUT2D eigenvalue weighted by Gasteiger charge is 2.11. The molecule has 0 heterocycles. The molecule has 90 valence electrons. The predicted octanol–water partition coefficient (Wildman–Crippen LogP) is 1.89. The second-order valence-corrected chi connectivity index (χ2v) is 3.32. The third kappa shape index (κ3) is 4.18. The van der Waals surface area contributed by atoms with Crippen LogP contribution in [0.4, 0.5) is 5.69 Å². The molecule has 0 saturated heterocycles. The Labute approximate surface area is 102 Å². The Hall–Kier alpha value is -1.10. The first kappa shape index (κ1) is 14.9. The summed E-state index contributed by atoms with van der Waals surface area (Å²) in [4.78, 5) is 15.8. The SMILES string of the molecule is CCc1ccc(NC(=O)C(C)ON)cc1.Cl. The van der Waals surface area contributed by atoms with Crippen molar-refractivity contribution in [3.8, 4) is 0 Å². The van der Waals surface area contributed by atoms with Gasteiger partial charge < -0.3 is 5.32 Å². The van der Waals surface area contributed by atoms with E-state index in [0.717, 1.165) is 12.1 Å². The van der Waals surface area contributed by atoms with Crippen LogP contribution in [0, 0.1) is 0 Å². The van der Waals surface area contributed by atoms with E-state index in [1.54, 1.807) is 6.92 Å². The number of anilines is 1. The van der Waals surface area contributed by atoms with Gasteiger partial charge in [-0.3, -0.25) is 9.63 Å². The number of benzene rings is 1. The van der Waals surface area contributed by atoms with Crippen LogP contribution in [0.3, 0.4) is 0 Å². The average molecular weight is 245 g/mol. The monoisotopic (exact) mass is 244 g/mol. The minimum atomic E-state index is -0.643. The molecule has 1 rings (SSSR count). The first-order valence-electron chi connectivity index (χ1n) is 4.92. The Morgan fingerprint density at radius 1 is 1.44 bits per heavy atom. The maximum absolute atomic E-state index is 11.4. The highest BCUT2D eigenvalue weighted by molar-refractivity contribution is 5.93.